The van der Waals surface area contributed by atoms with Crippen LogP contribution >= 0.6 is 0 Å². The Balaban J connectivity index is 1.61. The van der Waals surface area contributed by atoms with E-state index in [2.05, 4.69) is 41.0 Å². The molecule has 0 aliphatic carbocycles. The second-order valence-corrected chi connectivity index (χ2v) is 5.95. The molecule has 1 aliphatic rings. The van der Waals surface area contributed by atoms with Gasteiger partial charge in [-0.05, 0) is 36.1 Å². The van der Waals surface area contributed by atoms with Crippen LogP contribution in [-0.2, 0) is 16.0 Å². The van der Waals surface area contributed by atoms with Gasteiger partial charge in [0.2, 0.25) is 11.8 Å². The number of hydrogen-bond donors (Lipinski definition) is 2. The van der Waals surface area contributed by atoms with Crippen molar-refractivity contribution in [2.24, 2.45) is 0 Å². The topological polar surface area (TPSA) is 58.2 Å². The van der Waals surface area contributed by atoms with Crippen LogP contribution in [0, 0.1) is 0 Å². The molecular weight excluding hydrogens is 276 g/mol. The molecule has 114 valence electrons. The van der Waals surface area contributed by atoms with Crippen molar-refractivity contribution in [2.45, 2.75) is 38.3 Å². The lowest BCUT2D eigenvalue weighted by Crippen LogP contribution is -2.45. The van der Waals surface area contributed by atoms with Crippen LogP contribution in [0.2, 0.25) is 0 Å². The molecule has 1 fully saturated rings. The number of hydrogen-bond acceptors (Lipinski definition) is 2. The van der Waals surface area contributed by atoms with Gasteiger partial charge < -0.3 is 10.6 Å². The average molecular weight is 296 g/mol. The van der Waals surface area contributed by atoms with Crippen LogP contribution in [-0.4, -0.2) is 23.9 Å². The molecule has 4 nitrogen and oxygen atoms in total. The first-order chi connectivity index (χ1) is 10.6. The highest BCUT2D eigenvalue weighted by Crippen LogP contribution is 2.16. The lowest BCUT2D eigenvalue weighted by molar-refractivity contribution is -0.126. The molecule has 3 rings (SSSR count). The van der Waals surface area contributed by atoms with Gasteiger partial charge in [0.05, 0.1) is 0 Å². The highest BCUT2D eigenvalue weighted by molar-refractivity contribution is 5.90. The van der Waals surface area contributed by atoms with E-state index in [4.69, 9.17) is 0 Å². The molecule has 1 aliphatic heterocycles. The van der Waals surface area contributed by atoms with Gasteiger partial charge >= 0.3 is 0 Å². The standard InChI is InChI=1S/C18H20N2O2/c1-12(19-18(22)16-8-9-17(21)20-16)10-13-6-7-14-4-2-3-5-15(14)11-13/h2-7,11-12,16H,8-10H2,1H3,(H,19,22)(H,20,21)/t12-,16-/m1/s1. The van der Waals surface area contributed by atoms with E-state index in [-0.39, 0.29) is 23.9 Å². The van der Waals surface area contributed by atoms with E-state index in [0.717, 1.165) is 6.42 Å². The van der Waals surface area contributed by atoms with Crippen molar-refractivity contribution < 1.29 is 9.59 Å². The van der Waals surface area contributed by atoms with Crippen LogP contribution in [0.25, 0.3) is 10.8 Å². The van der Waals surface area contributed by atoms with Crippen molar-refractivity contribution in [3.05, 3.63) is 48.0 Å². The lowest BCUT2D eigenvalue weighted by atomic mass is 10.0. The van der Waals surface area contributed by atoms with E-state index in [1.807, 2.05) is 19.1 Å². The smallest absolute Gasteiger partial charge is 0.242 e. The number of rotatable bonds is 4. The van der Waals surface area contributed by atoms with Crippen molar-refractivity contribution in [1.29, 1.82) is 0 Å². The fourth-order valence-corrected chi connectivity index (χ4v) is 2.92. The normalized spacial score (nSPS) is 19.0. The monoisotopic (exact) mass is 296 g/mol. The zero-order valence-electron chi connectivity index (χ0n) is 12.6. The maximum atomic E-state index is 12.1. The van der Waals surface area contributed by atoms with E-state index in [0.29, 0.717) is 12.8 Å². The Labute approximate surface area is 129 Å². The zero-order valence-corrected chi connectivity index (χ0v) is 12.6. The number of fused-ring (bicyclic) bond motifs is 1. The van der Waals surface area contributed by atoms with Gasteiger partial charge in [-0.3, -0.25) is 9.59 Å². The predicted octanol–water partition coefficient (Wildman–Crippen LogP) is 2.17. The molecular formula is C18H20N2O2. The van der Waals surface area contributed by atoms with Crippen LogP contribution in [0.4, 0.5) is 0 Å². The third-order valence-corrected chi connectivity index (χ3v) is 4.06. The van der Waals surface area contributed by atoms with Gasteiger partial charge in [0.25, 0.3) is 0 Å². The summed E-state index contributed by atoms with van der Waals surface area (Å²) in [6.45, 7) is 1.99. The van der Waals surface area contributed by atoms with Crippen molar-refractivity contribution in [3.63, 3.8) is 0 Å². The molecule has 0 unspecified atom stereocenters. The molecule has 2 N–H and O–H groups in total. The molecule has 1 saturated heterocycles. The molecule has 22 heavy (non-hydrogen) atoms. The van der Waals surface area contributed by atoms with E-state index in [9.17, 15) is 9.59 Å². The molecule has 0 saturated carbocycles. The first-order valence-electron chi connectivity index (χ1n) is 7.69. The summed E-state index contributed by atoms with van der Waals surface area (Å²) in [5.74, 6) is -0.124. The highest BCUT2D eigenvalue weighted by Gasteiger charge is 2.27. The second-order valence-electron chi connectivity index (χ2n) is 5.95. The number of benzene rings is 2. The Bertz CT molecular complexity index is 711. The predicted molar refractivity (Wildman–Crippen MR) is 86.4 cm³/mol. The Kier molecular flexibility index (Phi) is 4.09. The van der Waals surface area contributed by atoms with Crippen LogP contribution in [0.3, 0.4) is 0 Å². The molecule has 0 aromatic heterocycles. The Morgan fingerprint density at radius 2 is 2.05 bits per heavy atom. The van der Waals surface area contributed by atoms with Crippen molar-refractivity contribution in [1.82, 2.24) is 10.6 Å². The number of carbonyl (C=O) groups is 2. The minimum Gasteiger partial charge on any atom is -0.352 e. The van der Waals surface area contributed by atoms with Crippen LogP contribution in [0.15, 0.2) is 42.5 Å². The van der Waals surface area contributed by atoms with E-state index in [1.165, 1.54) is 16.3 Å². The fraction of sp³-hybridized carbons (Fsp3) is 0.333. The summed E-state index contributed by atoms with van der Waals surface area (Å²) in [6, 6.07) is 14.3. The highest BCUT2D eigenvalue weighted by atomic mass is 16.2. The second kappa shape index (κ2) is 6.18. The summed E-state index contributed by atoms with van der Waals surface area (Å²) in [5.41, 5.74) is 1.20. The summed E-state index contributed by atoms with van der Waals surface area (Å²) in [4.78, 5) is 23.2. The van der Waals surface area contributed by atoms with Gasteiger partial charge in [0.15, 0.2) is 0 Å². The zero-order chi connectivity index (χ0) is 15.5. The van der Waals surface area contributed by atoms with Gasteiger partial charge in [-0.25, -0.2) is 0 Å². The molecule has 0 bridgehead atoms. The summed E-state index contributed by atoms with van der Waals surface area (Å²) in [5, 5.41) is 8.11. The molecule has 2 aromatic carbocycles. The van der Waals surface area contributed by atoms with Gasteiger partial charge in [-0.1, -0.05) is 42.5 Å². The summed E-state index contributed by atoms with van der Waals surface area (Å²) in [6.07, 6.45) is 1.81. The Morgan fingerprint density at radius 1 is 1.27 bits per heavy atom. The first-order valence-corrected chi connectivity index (χ1v) is 7.69. The fourth-order valence-electron chi connectivity index (χ4n) is 2.92. The third-order valence-electron chi connectivity index (χ3n) is 4.06. The summed E-state index contributed by atoms with van der Waals surface area (Å²) >= 11 is 0. The molecule has 2 atom stereocenters. The first kappa shape index (κ1) is 14.6. The molecule has 0 radical (unpaired) electrons. The molecule has 0 spiro atoms. The maximum absolute atomic E-state index is 12.1. The van der Waals surface area contributed by atoms with Crippen molar-refractivity contribution >= 4 is 22.6 Å². The van der Waals surface area contributed by atoms with E-state index in [1.54, 1.807) is 0 Å². The minimum absolute atomic E-state index is 0.0335. The molecule has 4 heteroatoms. The average Bonchev–Trinajstić information content (AvgIpc) is 2.94. The van der Waals surface area contributed by atoms with Crippen LogP contribution in [0.1, 0.15) is 25.3 Å². The summed E-state index contributed by atoms with van der Waals surface area (Å²) in [7, 11) is 0. The van der Waals surface area contributed by atoms with Gasteiger partial charge in [-0.15, -0.1) is 0 Å². The van der Waals surface area contributed by atoms with Crippen LogP contribution in [0.5, 0.6) is 0 Å². The minimum atomic E-state index is -0.369. The SMILES string of the molecule is C[C@H](Cc1ccc2ccccc2c1)NC(=O)[C@H]1CCC(=O)N1. The lowest BCUT2D eigenvalue weighted by Gasteiger charge is -2.17. The van der Waals surface area contributed by atoms with Crippen LogP contribution < -0.4 is 10.6 Å². The maximum Gasteiger partial charge on any atom is 0.242 e. The van der Waals surface area contributed by atoms with Gasteiger partial charge in [-0.2, -0.15) is 0 Å². The number of amides is 2. The quantitative estimate of drug-likeness (QED) is 0.908. The largest absolute Gasteiger partial charge is 0.352 e. The Hall–Kier alpha value is -2.36. The number of carbonyl (C=O) groups excluding carboxylic acids is 2. The van der Waals surface area contributed by atoms with Crippen molar-refractivity contribution in [3.8, 4) is 0 Å². The molecule has 1 heterocycles. The Morgan fingerprint density at radius 3 is 2.77 bits per heavy atom. The van der Waals surface area contributed by atoms with E-state index < -0.39 is 0 Å². The molecule has 2 aromatic rings. The van der Waals surface area contributed by atoms with Gasteiger partial charge in [0, 0.05) is 12.5 Å². The van der Waals surface area contributed by atoms with Crippen molar-refractivity contribution in [2.75, 3.05) is 0 Å². The third kappa shape index (κ3) is 3.27. The van der Waals surface area contributed by atoms with Gasteiger partial charge in [0.1, 0.15) is 6.04 Å². The molecule has 2 amide bonds. The van der Waals surface area contributed by atoms with E-state index >= 15 is 0 Å². The summed E-state index contributed by atoms with van der Waals surface area (Å²) < 4.78 is 0. The number of nitrogens with one attached hydrogen (secondary N) is 2.